The minimum Gasteiger partial charge on any atom is -0.397 e. The number of likely N-dealkylation sites (N-methyl/N-ethyl adjacent to an activating group) is 1. The number of hydrogen-bond donors (Lipinski definition) is 2. The van der Waals surface area contributed by atoms with Crippen LogP contribution >= 0.6 is 0 Å². The third-order valence-corrected chi connectivity index (χ3v) is 3.08. The van der Waals surface area contributed by atoms with Crippen LogP contribution in [0.1, 0.15) is 17.4 Å². The maximum absolute atomic E-state index is 12.5. The number of nitrogen functional groups attached to an aromatic ring is 1. The summed E-state index contributed by atoms with van der Waals surface area (Å²) in [7, 11) is 0. The molecule has 0 spiro atoms. The molecule has 20 heavy (non-hydrogen) atoms. The number of morpholine rings is 1. The first-order chi connectivity index (χ1) is 9.65. The fraction of sp³-hybridized carbons (Fsp3) is 0.462. The Morgan fingerprint density at radius 1 is 1.60 bits per heavy atom. The molecule has 1 unspecified atom stereocenters. The molecule has 1 atom stereocenters. The SMILES string of the molecule is CCNC(=O)C1COCCN1C(=O)c1ncccc1N. The van der Waals surface area contributed by atoms with Crippen molar-refractivity contribution >= 4 is 17.5 Å². The van der Waals surface area contributed by atoms with Crippen molar-refractivity contribution < 1.29 is 14.3 Å². The van der Waals surface area contributed by atoms with Crippen molar-refractivity contribution in [3.05, 3.63) is 24.0 Å². The second-order valence-corrected chi connectivity index (χ2v) is 4.43. The quantitative estimate of drug-likeness (QED) is 0.787. The first kappa shape index (κ1) is 14.3. The molecule has 1 fully saturated rings. The standard InChI is InChI=1S/C13H18N4O3/c1-2-15-12(18)10-8-20-7-6-17(10)13(19)11-9(14)4-3-5-16-11/h3-5,10H,2,6-8,14H2,1H3,(H,15,18). The number of nitrogens with two attached hydrogens (primary N) is 1. The molecule has 0 bridgehead atoms. The first-order valence-electron chi connectivity index (χ1n) is 6.52. The molecule has 108 valence electrons. The van der Waals surface area contributed by atoms with E-state index in [1.54, 1.807) is 12.1 Å². The predicted molar refractivity (Wildman–Crippen MR) is 73.0 cm³/mol. The van der Waals surface area contributed by atoms with Crippen molar-refractivity contribution in [3.8, 4) is 0 Å². The van der Waals surface area contributed by atoms with Gasteiger partial charge in [-0.2, -0.15) is 0 Å². The minimum atomic E-state index is -0.641. The second-order valence-electron chi connectivity index (χ2n) is 4.43. The van der Waals surface area contributed by atoms with Gasteiger partial charge in [0.2, 0.25) is 5.91 Å². The van der Waals surface area contributed by atoms with Gasteiger partial charge in [0, 0.05) is 19.3 Å². The molecule has 0 aliphatic carbocycles. The number of hydrogen-bond acceptors (Lipinski definition) is 5. The highest BCUT2D eigenvalue weighted by molar-refractivity contribution is 5.99. The van der Waals surface area contributed by atoms with Crippen molar-refractivity contribution in [2.75, 3.05) is 32.0 Å². The predicted octanol–water partition coefficient (Wildman–Crippen LogP) is -0.359. The molecule has 3 N–H and O–H groups in total. The third kappa shape index (κ3) is 2.88. The van der Waals surface area contributed by atoms with Gasteiger partial charge in [-0.1, -0.05) is 0 Å². The van der Waals surface area contributed by atoms with Gasteiger partial charge in [-0.15, -0.1) is 0 Å². The first-order valence-corrected chi connectivity index (χ1v) is 6.52. The molecule has 2 heterocycles. The van der Waals surface area contributed by atoms with Crippen molar-refractivity contribution in [2.45, 2.75) is 13.0 Å². The summed E-state index contributed by atoms with van der Waals surface area (Å²) in [5.41, 5.74) is 6.24. The van der Waals surface area contributed by atoms with Crippen LogP contribution in [0.4, 0.5) is 5.69 Å². The number of amides is 2. The van der Waals surface area contributed by atoms with E-state index >= 15 is 0 Å². The summed E-state index contributed by atoms with van der Waals surface area (Å²) < 4.78 is 5.29. The number of nitrogens with zero attached hydrogens (tertiary/aromatic N) is 2. The van der Waals surface area contributed by atoms with E-state index in [0.29, 0.717) is 25.4 Å². The van der Waals surface area contributed by atoms with Crippen molar-refractivity contribution in [1.29, 1.82) is 0 Å². The zero-order chi connectivity index (χ0) is 14.5. The Labute approximate surface area is 117 Å². The molecule has 0 radical (unpaired) electrons. The van der Waals surface area contributed by atoms with E-state index in [9.17, 15) is 9.59 Å². The number of nitrogens with one attached hydrogen (secondary N) is 1. The van der Waals surface area contributed by atoms with Crippen LogP contribution in [0.3, 0.4) is 0 Å². The number of carbonyl (C=O) groups excluding carboxylic acids is 2. The summed E-state index contributed by atoms with van der Waals surface area (Å²) in [4.78, 5) is 29.9. The molecule has 0 aromatic carbocycles. The average Bonchev–Trinajstić information content (AvgIpc) is 2.47. The van der Waals surface area contributed by atoms with E-state index in [1.165, 1.54) is 11.1 Å². The van der Waals surface area contributed by atoms with Crippen molar-refractivity contribution in [3.63, 3.8) is 0 Å². The Hall–Kier alpha value is -2.15. The lowest BCUT2D eigenvalue weighted by Crippen LogP contribution is -2.56. The minimum absolute atomic E-state index is 0.170. The summed E-state index contributed by atoms with van der Waals surface area (Å²) in [5.74, 6) is -0.572. The van der Waals surface area contributed by atoms with Crippen LogP contribution in [0.5, 0.6) is 0 Å². The molecule has 1 aliphatic rings. The van der Waals surface area contributed by atoms with Gasteiger partial charge < -0.3 is 20.7 Å². The largest absolute Gasteiger partial charge is 0.397 e. The summed E-state index contributed by atoms with van der Waals surface area (Å²) in [6, 6.07) is 2.63. The molecule has 2 amide bonds. The highest BCUT2D eigenvalue weighted by Crippen LogP contribution is 2.15. The van der Waals surface area contributed by atoms with Crippen LogP contribution in [0.2, 0.25) is 0 Å². The van der Waals surface area contributed by atoms with Crippen LogP contribution < -0.4 is 11.1 Å². The van der Waals surface area contributed by atoms with Gasteiger partial charge in [0.25, 0.3) is 5.91 Å². The van der Waals surface area contributed by atoms with E-state index in [1.807, 2.05) is 6.92 Å². The molecular weight excluding hydrogens is 260 g/mol. The van der Waals surface area contributed by atoms with Crippen molar-refractivity contribution in [2.24, 2.45) is 0 Å². The van der Waals surface area contributed by atoms with Gasteiger partial charge in [0.15, 0.2) is 5.69 Å². The number of rotatable bonds is 3. The van der Waals surface area contributed by atoms with Gasteiger partial charge in [-0.25, -0.2) is 4.98 Å². The second kappa shape index (κ2) is 6.33. The third-order valence-electron chi connectivity index (χ3n) is 3.08. The molecule has 7 heteroatoms. The van der Waals surface area contributed by atoms with Gasteiger partial charge in [-0.3, -0.25) is 9.59 Å². The Bertz CT molecular complexity index is 506. The Kier molecular flexibility index (Phi) is 4.52. The van der Waals surface area contributed by atoms with E-state index in [4.69, 9.17) is 10.5 Å². The summed E-state index contributed by atoms with van der Waals surface area (Å²) >= 11 is 0. The molecule has 1 aromatic heterocycles. The maximum atomic E-state index is 12.5. The van der Waals surface area contributed by atoms with Crippen LogP contribution in [-0.2, 0) is 9.53 Å². The zero-order valence-electron chi connectivity index (χ0n) is 11.3. The summed E-state index contributed by atoms with van der Waals surface area (Å²) in [6.45, 7) is 3.25. The zero-order valence-corrected chi connectivity index (χ0v) is 11.3. The summed E-state index contributed by atoms with van der Waals surface area (Å²) in [6.07, 6.45) is 1.51. The molecular formula is C13H18N4O3. The Morgan fingerprint density at radius 3 is 3.10 bits per heavy atom. The van der Waals surface area contributed by atoms with Gasteiger partial charge in [-0.05, 0) is 19.1 Å². The summed E-state index contributed by atoms with van der Waals surface area (Å²) in [5, 5.41) is 2.70. The highest BCUT2D eigenvalue weighted by atomic mass is 16.5. The molecule has 1 aliphatic heterocycles. The molecule has 1 aromatic rings. The van der Waals surface area contributed by atoms with E-state index < -0.39 is 6.04 Å². The molecule has 7 nitrogen and oxygen atoms in total. The fourth-order valence-corrected chi connectivity index (χ4v) is 2.09. The van der Waals surface area contributed by atoms with Crippen LogP contribution in [0, 0.1) is 0 Å². The smallest absolute Gasteiger partial charge is 0.275 e. The Morgan fingerprint density at radius 2 is 2.40 bits per heavy atom. The van der Waals surface area contributed by atoms with Gasteiger partial charge in [0.05, 0.1) is 18.9 Å². The topological polar surface area (TPSA) is 97.5 Å². The number of aromatic nitrogens is 1. The highest BCUT2D eigenvalue weighted by Gasteiger charge is 2.34. The van der Waals surface area contributed by atoms with Gasteiger partial charge in [0.1, 0.15) is 6.04 Å². The van der Waals surface area contributed by atoms with Gasteiger partial charge >= 0.3 is 0 Å². The molecule has 0 saturated carbocycles. The average molecular weight is 278 g/mol. The van der Waals surface area contributed by atoms with E-state index in [-0.39, 0.29) is 24.1 Å². The number of anilines is 1. The van der Waals surface area contributed by atoms with Crippen LogP contribution in [0.15, 0.2) is 18.3 Å². The molecule has 2 rings (SSSR count). The van der Waals surface area contributed by atoms with E-state index in [0.717, 1.165) is 0 Å². The lowest BCUT2D eigenvalue weighted by molar-refractivity contribution is -0.130. The number of carbonyl (C=O) groups is 2. The van der Waals surface area contributed by atoms with Crippen molar-refractivity contribution in [1.82, 2.24) is 15.2 Å². The number of pyridine rings is 1. The molecule has 1 saturated heterocycles. The lowest BCUT2D eigenvalue weighted by Gasteiger charge is -2.34. The van der Waals surface area contributed by atoms with E-state index in [2.05, 4.69) is 10.3 Å². The fourth-order valence-electron chi connectivity index (χ4n) is 2.09. The van der Waals surface area contributed by atoms with Crippen LogP contribution in [-0.4, -0.2) is 54.0 Å². The normalized spacial score (nSPS) is 18.6. The number of ether oxygens (including phenoxy) is 1. The lowest BCUT2D eigenvalue weighted by atomic mass is 10.1. The monoisotopic (exact) mass is 278 g/mol. The Balaban J connectivity index is 2.22. The maximum Gasteiger partial charge on any atom is 0.275 e. The van der Waals surface area contributed by atoms with Crippen LogP contribution in [0.25, 0.3) is 0 Å².